The number of carbonyl (C=O) groups excluding carboxylic acids is 1. The summed E-state index contributed by atoms with van der Waals surface area (Å²) in [7, 11) is 0. The first-order chi connectivity index (χ1) is 15.2. The minimum Gasteiger partial charge on any atom is -0.370 e. The van der Waals surface area contributed by atoms with Crippen molar-refractivity contribution in [3.8, 4) is 0 Å². The van der Waals surface area contributed by atoms with Gasteiger partial charge in [-0.05, 0) is 37.1 Å². The SMILES string of the molecule is O=C(CN1CCN(Cc2nc3ccccc3s2)CC1)Nc1ccccc1N1CCCC1. The van der Waals surface area contributed by atoms with Crippen LogP contribution in [0.15, 0.2) is 48.5 Å². The molecule has 2 fully saturated rings. The Balaban J connectivity index is 1.12. The van der Waals surface area contributed by atoms with Crippen LogP contribution in [0.2, 0.25) is 0 Å². The molecule has 0 unspecified atom stereocenters. The molecule has 5 rings (SSSR count). The second-order valence-corrected chi connectivity index (χ2v) is 9.50. The Morgan fingerprint density at radius 2 is 1.61 bits per heavy atom. The van der Waals surface area contributed by atoms with Crippen LogP contribution in [0.4, 0.5) is 11.4 Å². The molecule has 2 aliphatic heterocycles. The zero-order valence-corrected chi connectivity index (χ0v) is 18.6. The summed E-state index contributed by atoms with van der Waals surface area (Å²) in [6, 6.07) is 16.5. The maximum Gasteiger partial charge on any atom is 0.238 e. The van der Waals surface area contributed by atoms with Crippen molar-refractivity contribution in [2.45, 2.75) is 19.4 Å². The van der Waals surface area contributed by atoms with E-state index in [4.69, 9.17) is 4.98 Å². The summed E-state index contributed by atoms with van der Waals surface area (Å²) < 4.78 is 1.25. The lowest BCUT2D eigenvalue weighted by molar-refractivity contribution is -0.117. The molecule has 0 atom stereocenters. The number of hydrogen-bond acceptors (Lipinski definition) is 6. The molecule has 0 spiro atoms. The third-order valence-electron chi connectivity index (χ3n) is 6.15. The summed E-state index contributed by atoms with van der Waals surface area (Å²) in [5.74, 6) is 0.0752. The highest BCUT2D eigenvalue weighted by molar-refractivity contribution is 7.18. The van der Waals surface area contributed by atoms with Crippen molar-refractivity contribution < 1.29 is 4.79 Å². The molecule has 2 saturated heterocycles. The van der Waals surface area contributed by atoms with Crippen molar-refractivity contribution in [2.75, 3.05) is 56.0 Å². The number of fused-ring (bicyclic) bond motifs is 1. The van der Waals surface area contributed by atoms with Crippen LogP contribution >= 0.6 is 11.3 Å². The number of anilines is 2. The lowest BCUT2D eigenvalue weighted by Crippen LogP contribution is -2.48. The number of amides is 1. The van der Waals surface area contributed by atoms with Crippen LogP contribution in [0.5, 0.6) is 0 Å². The molecular weight excluding hydrogens is 406 g/mol. The van der Waals surface area contributed by atoms with Crippen molar-refractivity contribution in [1.29, 1.82) is 0 Å². The number of benzene rings is 2. The van der Waals surface area contributed by atoms with E-state index in [0.717, 1.165) is 62.7 Å². The number of rotatable bonds is 6. The van der Waals surface area contributed by atoms with Gasteiger partial charge in [0, 0.05) is 39.3 Å². The van der Waals surface area contributed by atoms with E-state index in [1.54, 1.807) is 11.3 Å². The van der Waals surface area contributed by atoms with Gasteiger partial charge in [-0.1, -0.05) is 24.3 Å². The fourth-order valence-corrected chi connectivity index (χ4v) is 5.50. The van der Waals surface area contributed by atoms with Crippen molar-refractivity contribution in [1.82, 2.24) is 14.8 Å². The molecule has 2 aliphatic rings. The number of hydrogen-bond donors (Lipinski definition) is 1. The number of nitrogens with one attached hydrogen (secondary N) is 1. The van der Waals surface area contributed by atoms with Crippen LogP contribution in [0.25, 0.3) is 10.2 Å². The molecule has 1 aromatic heterocycles. The summed E-state index contributed by atoms with van der Waals surface area (Å²) >= 11 is 1.78. The van der Waals surface area contributed by atoms with E-state index in [0.29, 0.717) is 6.54 Å². The Morgan fingerprint density at radius 1 is 0.903 bits per heavy atom. The molecule has 162 valence electrons. The van der Waals surface area contributed by atoms with Gasteiger partial charge in [0.05, 0.1) is 34.7 Å². The molecular formula is C24H29N5OS. The largest absolute Gasteiger partial charge is 0.370 e. The van der Waals surface area contributed by atoms with Gasteiger partial charge >= 0.3 is 0 Å². The topological polar surface area (TPSA) is 51.7 Å². The lowest BCUT2D eigenvalue weighted by atomic mass is 10.2. The van der Waals surface area contributed by atoms with E-state index in [2.05, 4.69) is 44.3 Å². The van der Waals surface area contributed by atoms with Gasteiger partial charge in [-0.15, -0.1) is 11.3 Å². The van der Waals surface area contributed by atoms with E-state index < -0.39 is 0 Å². The monoisotopic (exact) mass is 435 g/mol. The van der Waals surface area contributed by atoms with Gasteiger partial charge in [0.2, 0.25) is 5.91 Å². The van der Waals surface area contributed by atoms with Crippen molar-refractivity contribution in [3.05, 3.63) is 53.5 Å². The third-order valence-corrected chi connectivity index (χ3v) is 7.18. The molecule has 0 radical (unpaired) electrons. The Morgan fingerprint density at radius 3 is 2.42 bits per heavy atom. The predicted octanol–water partition coefficient (Wildman–Crippen LogP) is 3.65. The molecule has 3 heterocycles. The maximum absolute atomic E-state index is 12.7. The highest BCUT2D eigenvalue weighted by Crippen LogP contribution is 2.28. The molecule has 2 aromatic carbocycles. The summed E-state index contributed by atoms with van der Waals surface area (Å²) in [5, 5.41) is 4.33. The van der Waals surface area contributed by atoms with Gasteiger partial charge in [-0.3, -0.25) is 14.6 Å². The molecule has 0 saturated carbocycles. The minimum atomic E-state index is 0.0752. The summed E-state index contributed by atoms with van der Waals surface area (Å²) in [4.78, 5) is 24.5. The first-order valence-electron chi connectivity index (χ1n) is 11.2. The van der Waals surface area contributed by atoms with Gasteiger partial charge in [0.25, 0.3) is 0 Å². The Bertz CT molecular complexity index is 1000. The Labute approximate surface area is 187 Å². The van der Waals surface area contributed by atoms with Gasteiger partial charge in [-0.25, -0.2) is 4.98 Å². The zero-order valence-electron chi connectivity index (χ0n) is 17.8. The molecule has 0 aliphatic carbocycles. The quantitative estimate of drug-likeness (QED) is 0.641. The van der Waals surface area contributed by atoms with Crippen LogP contribution in [-0.2, 0) is 11.3 Å². The molecule has 7 heteroatoms. The number of aromatic nitrogens is 1. The number of nitrogens with zero attached hydrogens (tertiary/aromatic N) is 4. The van der Waals surface area contributed by atoms with Gasteiger partial charge in [0.1, 0.15) is 5.01 Å². The average Bonchev–Trinajstić information content (AvgIpc) is 3.45. The fraction of sp³-hybridized carbons (Fsp3) is 0.417. The summed E-state index contributed by atoms with van der Waals surface area (Å²) in [6.45, 7) is 7.23. The standard InChI is InChI=1S/C24H29N5OS/c30-23(25-19-7-1-3-9-21(19)29-11-5-6-12-29)17-27-13-15-28(16-14-27)18-24-26-20-8-2-4-10-22(20)31-24/h1-4,7-10H,5-6,11-18H2,(H,25,30). The van der Waals surface area contributed by atoms with Crippen LogP contribution < -0.4 is 10.2 Å². The van der Waals surface area contributed by atoms with Gasteiger partial charge in [0.15, 0.2) is 0 Å². The Hall–Kier alpha value is -2.48. The second-order valence-electron chi connectivity index (χ2n) is 8.39. The number of piperazine rings is 1. The smallest absolute Gasteiger partial charge is 0.238 e. The molecule has 1 N–H and O–H groups in total. The van der Waals surface area contributed by atoms with Crippen molar-refractivity contribution in [2.24, 2.45) is 0 Å². The first kappa shape index (κ1) is 20.4. The van der Waals surface area contributed by atoms with Gasteiger partial charge < -0.3 is 10.2 Å². The molecule has 1 amide bonds. The molecule has 0 bridgehead atoms. The second kappa shape index (κ2) is 9.34. The van der Waals surface area contributed by atoms with E-state index in [-0.39, 0.29) is 5.91 Å². The average molecular weight is 436 g/mol. The van der Waals surface area contributed by atoms with Crippen LogP contribution in [0.3, 0.4) is 0 Å². The number of thiazole rings is 1. The van der Waals surface area contributed by atoms with E-state index in [9.17, 15) is 4.79 Å². The number of carbonyl (C=O) groups is 1. The Kier molecular flexibility index (Phi) is 6.15. The minimum absolute atomic E-state index is 0.0752. The van der Waals surface area contributed by atoms with Gasteiger partial charge in [-0.2, -0.15) is 0 Å². The molecule has 3 aromatic rings. The first-order valence-corrected chi connectivity index (χ1v) is 12.0. The number of para-hydroxylation sites is 3. The normalized spacial score (nSPS) is 18.0. The summed E-state index contributed by atoms with van der Waals surface area (Å²) in [6.07, 6.45) is 2.45. The predicted molar refractivity (Wildman–Crippen MR) is 128 cm³/mol. The highest BCUT2D eigenvalue weighted by Gasteiger charge is 2.21. The zero-order chi connectivity index (χ0) is 21.0. The van der Waals surface area contributed by atoms with Crippen molar-refractivity contribution >= 4 is 38.8 Å². The summed E-state index contributed by atoms with van der Waals surface area (Å²) in [5.41, 5.74) is 3.17. The lowest BCUT2D eigenvalue weighted by Gasteiger charge is -2.33. The molecule has 31 heavy (non-hydrogen) atoms. The van der Waals surface area contributed by atoms with E-state index in [1.807, 2.05) is 24.3 Å². The van der Waals surface area contributed by atoms with E-state index in [1.165, 1.54) is 22.5 Å². The van der Waals surface area contributed by atoms with Crippen LogP contribution in [0, 0.1) is 0 Å². The maximum atomic E-state index is 12.7. The van der Waals surface area contributed by atoms with Crippen LogP contribution in [-0.4, -0.2) is 66.5 Å². The van der Waals surface area contributed by atoms with E-state index >= 15 is 0 Å². The van der Waals surface area contributed by atoms with Crippen molar-refractivity contribution in [3.63, 3.8) is 0 Å². The van der Waals surface area contributed by atoms with Crippen LogP contribution in [0.1, 0.15) is 17.8 Å². The molecule has 6 nitrogen and oxygen atoms in total. The third kappa shape index (κ3) is 4.89. The fourth-order valence-electron chi connectivity index (χ4n) is 4.49. The highest BCUT2D eigenvalue weighted by atomic mass is 32.1.